The number of aryl methyl sites for hydroxylation is 1. The molecule has 3 aromatic heterocycles. The molecule has 2 aliphatic rings. The molecule has 0 spiro atoms. The predicted octanol–water partition coefficient (Wildman–Crippen LogP) is 7.30. The Kier molecular flexibility index (Phi) is 10.6. The number of fused-ring (bicyclic) bond motifs is 5. The number of ether oxygens (including phenoxy) is 1. The van der Waals surface area contributed by atoms with Gasteiger partial charge >= 0.3 is 5.97 Å². The molecule has 0 aliphatic carbocycles. The van der Waals surface area contributed by atoms with Crippen LogP contribution in [0, 0.1) is 6.92 Å². The second-order valence-electron chi connectivity index (χ2n) is 12.6. The van der Waals surface area contributed by atoms with Crippen LogP contribution in [0.2, 0.25) is 5.02 Å². The Hall–Kier alpha value is -5.20. The van der Waals surface area contributed by atoms with Crippen molar-refractivity contribution in [1.82, 2.24) is 24.6 Å². The van der Waals surface area contributed by atoms with Crippen molar-refractivity contribution in [3.8, 4) is 5.00 Å². The van der Waals surface area contributed by atoms with Crippen LogP contribution in [0.5, 0.6) is 0 Å². The van der Waals surface area contributed by atoms with Gasteiger partial charge in [-0.05, 0) is 75.9 Å². The topological polar surface area (TPSA) is 124 Å². The summed E-state index contributed by atoms with van der Waals surface area (Å²) in [6.45, 7) is 7.54. The van der Waals surface area contributed by atoms with Gasteiger partial charge in [0.05, 0.1) is 18.9 Å². The van der Waals surface area contributed by atoms with E-state index >= 15 is 0 Å². The summed E-state index contributed by atoms with van der Waals surface area (Å²) in [6, 6.07) is 18.8. The summed E-state index contributed by atoms with van der Waals surface area (Å²) in [5, 5.41) is 15.0. The van der Waals surface area contributed by atoms with Gasteiger partial charge in [-0.25, -0.2) is 0 Å². The van der Waals surface area contributed by atoms with Crippen molar-refractivity contribution in [3.63, 3.8) is 0 Å². The van der Waals surface area contributed by atoms with Gasteiger partial charge in [0.15, 0.2) is 5.82 Å². The smallest absolute Gasteiger partial charge is 0.305 e. The highest BCUT2D eigenvalue weighted by Gasteiger charge is 2.35. The lowest BCUT2D eigenvalue weighted by atomic mass is 9.95. The zero-order chi connectivity index (χ0) is 36.2. The maximum Gasteiger partial charge on any atom is 0.305 e. The number of amides is 1. The summed E-state index contributed by atoms with van der Waals surface area (Å²) in [7, 11) is 0. The lowest BCUT2D eigenvalue weighted by Gasteiger charge is -2.28. The number of aliphatic imine (C=N–C) groups is 1. The van der Waals surface area contributed by atoms with Crippen molar-refractivity contribution >= 4 is 46.2 Å². The van der Waals surface area contributed by atoms with Crippen LogP contribution in [-0.4, -0.2) is 67.7 Å². The summed E-state index contributed by atoms with van der Waals surface area (Å²) < 4.78 is 7.10. The van der Waals surface area contributed by atoms with E-state index in [1.54, 1.807) is 30.7 Å². The molecule has 0 saturated heterocycles. The van der Waals surface area contributed by atoms with E-state index in [2.05, 4.69) is 24.9 Å². The highest BCUT2D eigenvalue weighted by atomic mass is 35.5. The molecule has 11 nitrogen and oxygen atoms in total. The number of carbonyl (C=O) groups excluding carboxylic acids is 2. The Morgan fingerprint density at radius 2 is 1.83 bits per heavy atom. The van der Waals surface area contributed by atoms with E-state index in [1.165, 1.54) is 5.56 Å². The third kappa shape index (κ3) is 7.13. The van der Waals surface area contributed by atoms with E-state index in [0.29, 0.717) is 68.3 Å². The Balaban J connectivity index is 1.11. The lowest BCUT2D eigenvalue weighted by molar-refractivity contribution is -0.143. The normalized spacial score (nSPS) is 15.2. The number of benzene rings is 2. The molecule has 5 heterocycles. The second kappa shape index (κ2) is 15.6. The van der Waals surface area contributed by atoms with Crippen LogP contribution in [-0.2, 0) is 27.3 Å². The van der Waals surface area contributed by atoms with Gasteiger partial charge in [-0.3, -0.25) is 24.1 Å². The number of halogens is 1. The fourth-order valence-electron chi connectivity index (χ4n) is 6.55. The molecule has 1 atom stereocenters. The van der Waals surface area contributed by atoms with Crippen LogP contribution in [0.4, 0.5) is 0 Å². The summed E-state index contributed by atoms with van der Waals surface area (Å²) in [4.78, 5) is 43.7. The summed E-state index contributed by atoms with van der Waals surface area (Å²) in [5.41, 5.74) is 6.72. The van der Waals surface area contributed by atoms with E-state index in [1.807, 2.05) is 79.4 Å². The zero-order valence-electron chi connectivity index (χ0n) is 29.2. The van der Waals surface area contributed by atoms with Crippen LogP contribution >= 0.6 is 22.9 Å². The first-order chi connectivity index (χ1) is 25.3. The molecule has 5 aromatic rings. The van der Waals surface area contributed by atoms with E-state index in [9.17, 15) is 9.59 Å². The van der Waals surface area contributed by atoms with E-state index in [0.717, 1.165) is 49.5 Å². The fraction of sp³-hybridized carbons (Fsp3) is 0.308. The van der Waals surface area contributed by atoms with E-state index in [-0.39, 0.29) is 17.9 Å². The fourth-order valence-corrected chi connectivity index (χ4v) is 8.19. The molecule has 52 heavy (non-hydrogen) atoms. The first-order valence-corrected chi connectivity index (χ1v) is 18.6. The highest BCUT2D eigenvalue weighted by molar-refractivity contribution is 7.15. The van der Waals surface area contributed by atoms with Crippen molar-refractivity contribution in [2.45, 2.75) is 59.0 Å². The number of aromatic nitrogens is 4. The number of esters is 1. The molecule has 13 heteroatoms. The van der Waals surface area contributed by atoms with Crippen molar-refractivity contribution in [1.29, 1.82) is 0 Å². The molecule has 0 N–H and O–H groups in total. The minimum atomic E-state index is -0.217. The molecule has 2 aliphatic heterocycles. The van der Waals surface area contributed by atoms with Crippen LogP contribution in [0.15, 0.2) is 83.2 Å². The molecule has 0 bridgehead atoms. The molecule has 266 valence electrons. The minimum Gasteiger partial charge on any atom is -0.466 e. The third-order valence-corrected chi connectivity index (χ3v) is 10.6. The largest absolute Gasteiger partial charge is 0.466 e. The van der Waals surface area contributed by atoms with Gasteiger partial charge in [0, 0.05) is 63.1 Å². The minimum absolute atomic E-state index is 0.0479. The van der Waals surface area contributed by atoms with Crippen LogP contribution in [0.1, 0.15) is 93.9 Å². The van der Waals surface area contributed by atoms with Crippen molar-refractivity contribution < 1.29 is 19.2 Å². The van der Waals surface area contributed by atoms with E-state index < -0.39 is 0 Å². The van der Waals surface area contributed by atoms with Crippen LogP contribution in [0.25, 0.3) is 5.00 Å². The number of thiophene rings is 1. The van der Waals surface area contributed by atoms with Gasteiger partial charge in [-0.15, -0.1) is 21.5 Å². The van der Waals surface area contributed by atoms with E-state index in [4.69, 9.17) is 26.2 Å². The molecule has 0 fully saturated rings. The van der Waals surface area contributed by atoms with Gasteiger partial charge in [0.2, 0.25) is 0 Å². The van der Waals surface area contributed by atoms with Gasteiger partial charge < -0.3 is 14.5 Å². The SMILES string of the molecule is CCOC(=O)CCCCO/N=C(/c1ccc(C(=O)N2CCc3c(sc4c3C(c3ccccc3Cl)=NC(C)c3nnc(C)n3-4)C2)cc1)c1cccnc1. The molecule has 0 radical (unpaired) electrons. The van der Waals surface area contributed by atoms with Crippen molar-refractivity contribution in [2.75, 3.05) is 19.8 Å². The number of pyridine rings is 1. The Morgan fingerprint density at radius 1 is 1.02 bits per heavy atom. The number of rotatable bonds is 11. The lowest BCUT2D eigenvalue weighted by Crippen LogP contribution is -2.35. The first kappa shape index (κ1) is 35.2. The molecule has 1 unspecified atom stereocenters. The Bertz CT molecular complexity index is 2160. The molecule has 1 amide bonds. The second-order valence-corrected chi connectivity index (χ2v) is 14.1. The number of hydrogen-bond acceptors (Lipinski definition) is 10. The van der Waals surface area contributed by atoms with Crippen molar-refractivity contribution in [2.24, 2.45) is 10.1 Å². The Morgan fingerprint density at radius 3 is 2.60 bits per heavy atom. The third-order valence-electron chi connectivity index (χ3n) is 9.11. The number of hydrogen-bond donors (Lipinski definition) is 0. The average molecular weight is 736 g/mol. The summed E-state index contributed by atoms with van der Waals surface area (Å²) >= 11 is 8.42. The predicted molar refractivity (Wildman–Crippen MR) is 201 cm³/mol. The summed E-state index contributed by atoms with van der Waals surface area (Å²) in [5.74, 6) is 1.31. The quantitative estimate of drug-likeness (QED) is 0.0604. The van der Waals surface area contributed by atoms with Crippen LogP contribution in [0.3, 0.4) is 0 Å². The molecule has 0 saturated carbocycles. The first-order valence-electron chi connectivity index (χ1n) is 17.4. The monoisotopic (exact) mass is 735 g/mol. The van der Waals surface area contributed by atoms with Crippen molar-refractivity contribution in [3.05, 3.63) is 128 Å². The number of nitrogens with zero attached hydrogens (tertiary/aromatic N) is 7. The number of unbranched alkanes of at least 4 members (excludes halogenated alkanes) is 1. The van der Waals surface area contributed by atoms with Crippen LogP contribution < -0.4 is 0 Å². The maximum absolute atomic E-state index is 14.0. The van der Waals surface area contributed by atoms with Gasteiger partial charge in [-0.1, -0.05) is 47.1 Å². The Labute approximate surface area is 311 Å². The van der Waals surface area contributed by atoms with Gasteiger partial charge in [0.1, 0.15) is 29.2 Å². The maximum atomic E-state index is 14.0. The molecule has 2 aromatic carbocycles. The number of carbonyl (C=O) groups is 2. The van der Waals surface area contributed by atoms with Gasteiger partial charge in [-0.2, -0.15) is 0 Å². The average Bonchev–Trinajstić information content (AvgIpc) is 3.70. The van der Waals surface area contributed by atoms with Gasteiger partial charge in [0.25, 0.3) is 5.91 Å². The summed E-state index contributed by atoms with van der Waals surface area (Å²) in [6.07, 6.45) is 5.76. The zero-order valence-corrected chi connectivity index (χ0v) is 30.8. The molecular weight excluding hydrogens is 698 g/mol. The molecule has 7 rings (SSSR count). The number of oxime groups is 1. The highest BCUT2D eigenvalue weighted by Crippen LogP contribution is 2.42. The molecular formula is C39H38ClN7O4S. The standard InChI is InChI=1S/C39H38ClN7O4S/c1-4-50-33(48)13-7-8-21-51-45-35(28-10-9-19-41-22-28)26-14-16-27(17-15-26)38(49)46-20-18-30-32(23-46)52-39-34(30)36(29-11-5-6-12-31(29)40)42-24(2)37-44-43-25(3)47(37)39/h5-6,9-12,14-17,19,22,24H,4,7-8,13,18,20-21,23H2,1-3H3/b45-35-.